The summed E-state index contributed by atoms with van der Waals surface area (Å²) in [6.07, 6.45) is 2.47. The normalized spacial score (nSPS) is 10.6. The quantitative estimate of drug-likeness (QED) is 0.858. The van der Waals surface area contributed by atoms with E-state index in [2.05, 4.69) is 10.4 Å². The van der Waals surface area contributed by atoms with Gasteiger partial charge < -0.3 is 11.1 Å². The molecular formula is C15H20N4O. The Bertz CT molecular complexity index is 586. The van der Waals surface area contributed by atoms with Crippen LogP contribution in [0.15, 0.2) is 30.5 Å². The van der Waals surface area contributed by atoms with Gasteiger partial charge in [-0.15, -0.1) is 0 Å². The first-order chi connectivity index (χ1) is 9.61. The highest BCUT2D eigenvalue weighted by Crippen LogP contribution is 2.07. The van der Waals surface area contributed by atoms with Crippen LogP contribution in [0.1, 0.15) is 27.2 Å². The van der Waals surface area contributed by atoms with Crippen LogP contribution < -0.4 is 11.1 Å². The Morgan fingerprint density at radius 1 is 1.30 bits per heavy atom. The van der Waals surface area contributed by atoms with E-state index in [0.717, 1.165) is 17.7 Å². The number of rotatable bonds is 5. The molecule has 3 N–H and O–H groups in total. The maximum Gasteiger partial charge on any atom is 0.255 e. The van der Waals surface area contributed by atoms with Gasteiger partial charge in [-0.1, -0.05) is 24.3 Å². The van der Waals surface area contributed by atoms with Crippen molar-refractivity contribution in [1.29, 1.82) is 0 Å². The van der Waals surface area contributed by atoms with Gasteiger partial charge in [0.15, 0.2) is 0 Å². The molecule has 0 aliphatic heterocycles. The average Bonchev–Trinajstić information content (AvgIpc) is 2.78. The van der Waals surface area contributed by atoms with Gasteiger partial charge in [0.05, 0.1) is 11.8 Å². The maximum atomic E-state index is 12.0. The first-order valence-electron chi connectivity index (χ1n) is 6.66. The summed E-state index contributed by atoms with van der Waals surface area (Å²) in [7, 11) is 1.82. The molecule has 5 nitrogen and oxygen atoms in total. The predicted molar refractivity (Wildman–Crippen MR) is 78.3 cm³/mol. The van der Waals surface area contributed by atoms with Gasteiger partial charge in [-0.3, -0.25) is 9.48 Å². The molecule has 20 heavy (non-hydrogen) atoms. The molecule has 2 aromatic rings. The third-order valence-electron chi connectivity index (χ3n) is 3.39. The highest BCUT2D eigenvalue weighted by molar-refractivity contribution is 5.94. The summed E-state index contributed by atoms with van der Waals surface area (Å²) in [4.78, 5) is 12.0. The fraction of sp³-hybridized carbons (Fsp3) is 0.333. The molecular weight excluding hydrogens is 252 g/mol. The first-order valence-corrected chi connectivity index (χ1v) is 6.66. The van der Waals surface area contributed by atoms with E-state index in [0.29, 0.717) is 18.7 Å². The van der Waals surface area contributed by atoms with Crippen LogP contribution in [0.4, 0.5) is 0 Å². The maximum absolute atomic E-state index is 12.0. The fourth-order valence-corrected chi connectivity index (χ4v) is 1.99. The van der Waals surface area contributed by atoms with Crippen molar-refractivity contribution in [3.8, 4) is 0 Å². The third kappa shape index (κ3) is 3.24. The lowest BCUT2D eigenvalue weighted by atomic mass is 10.1. The minimum atomic E-state index is -0.0957. The number of hydrogen-bond donors (Lipinski definition) is 2. The molecule has 0 saturated carbocycles. The van der Waals surface area contributed by atoms with Crippen LogP contribution in [0, 0.1) is 6.92 Å². The molecule has 1 aromatic carbocycles. The zero-order valence-electron chi connectivity index (χ0n) is 11.9. The number of benzene rings is 1. The van der Waals surface area contributed by atoms with Crippen molar-refractivity contribution >= 4 is 5.91 Å². The number of amides is 1. The van der Waals surface area contributed by atoms with Crippen LogP contribution in [0.3, 0.4) is 0 Å². The van der Waals surface area contributed by atoms with Gasteiger partial charge >= 0.3 is 0 Å². The van der Waals surface area contributed by atoms with E-state index in [1.165, 1.54) is 5.56 Å². The van der Waals surface area contributed by atoms with Crippen LogP contribution in [0.2, 0.25) is 0 Å². The van der Waals surface area contributed by atoms with E-state index in [1.54, 1.807) is 10.9 Å². The molecule has 0 radical (unpaired) electrons. The van der Waals surface area contributed by atoms with E-state index in [4.69, 9.17) is 5.73 Å². The van der Waals surface area contributed by atoms with Crippen molar-refractivity contribution < 1.29 is 4.79 Å². The molecule has 1 amide bonds. The van der Waals surface area contributed by atoms with Gasteiger partial charge in [0.25, 0.3) is 5.91 Å². The Labute approximate surface area is 118 Å². The second-order valence-corrected chi connectivity index (χ2v) is 4.81. The summed E-state index contributed by atoms with van der Waals surface area (Å²) >= 11 is 0. The number of nitrogens with two attached hydrogens (primary N) is 1. The van der Waals surface area contributed by atoms with E-state index >= 15 is 0 Å². The molecule has 0 aliphatic rings. The van der Waals surface area contributed by atoms with E-state index < -0.39 is 0 Å². The van der Waals surface area contributed by atoms with Crippen LogP contribution in [0.5, 0.6) is 0 Å². The Hall–Kier alpha value is -2.14. The van der Waals surface area contributed by atoms with Crippen LogP contribution in [-0.4, -0.2) is 22.2 Å². The molecule has 0 unspecified atom stereocenters. The number of aryl methyl sites for hydroxylation is 1. The topological polar surface area (TPSA) is 72.9 Å². The Kier molecular flexibility index (Phi) is 4.53. The second-order valence-electron chi connectivity index (χ2n) is 4.81. The van der Waals surface area contributed by atoms with Crippen LogP contribution in [-0.2, 0) is 20.0 Å². The molecule has 5 heteroatoms. The average molecular weight is 272 g/mol. The van der Waals surface area contributed by atoms with Crippen molar-refractivity contribution in [2.75, 3.05) is 6.54 Å². The highest BCUT2D eigenvalue weighted by atomic mass is 16.1. The summed E-state index contributed by atoms with van der Waals surface area (Å²) in [5, 5.41) is 6.97. The molecule has 0 aliphatic carbocycles. The molecule has 2 rings (SSSR count). The van der Waals surface area contributed by atoms with Crippen molar-refractivity contribution in [1.82, 2.24) is 15.1 Å². The molecule has 0 saturated heterocycles. The zero-order chi connectivity index (χ0) is 14.5. The van der Waals surface area contributed by atoms with Gasteiger partial charge in [-0.25, -0.2) is 0 Å². The van der Waals surface area contributed by atoms with Gasteiger partial charge in [0, 0.05) is 19.3 Å². The van der Waals surface area contributed by atoms with Gasteiger partial charge in [-0.05, 0) is 31.0 Å². The minimum absolute atomic E-state index is 0.0957. The lowest BCUT2D eigenvalue weighted by molar-refractivity contribution is 0.0950. The zero-order valence-corrected chi connectivity index (χ0v) is 11.9. The van der Waals surface area contributed by atoms with Crippen molar-refractivity contribution in [2.45, 2.75) is 19.9 Å². The smallest absolute Gasteiger partial charge is 0.255 e. The Balaban J connectivity index is 1.95. The molecule has 0 atom stereocenters. The third-order valence-corrected chi connectivity index (χ3v) is 3.39. The summed E-state index contributed by atoms with van der Waals surface area (Å²) < 4.78 is 1.69. The lowest BCUT2D eigenvalue weighted by Crippen LogP contribution is -2.23. The Morgan fingerprint density at radius 2 is 1.95 bits per heavy atom. The molecule has 1 aromatic heterocycles. The lowest BCUT2D eigenvalue weighted by Gasteiger charge is -2.06. The van der Waals surface area contributed by atoms with E-state index in [9.17, 15) is 4.79 Å². The Morgan fingerprint density at radius 3 is 2.50 bits per heavy atom. The molecule has 0 bridgehead atoms. The summed E-state index contributed by atoms with van der Waals surface area (Å²) in [6.45, 7) is 3.04. The van der Waals surface area contributed by atoms with Gasteiger partial charge in [-0.2, -0.15) is 5.10 Å². The first kappa shape index (κ1) is 14.3. The number of nitrogens with one attached hydrogen (secondary N) is 1. The summed E-state index contributed by atoms with van der Waals surface area (Å²) in [5.41, 5.74) is 9.28. The molecule has 0 fully saturated rings. The monoisotopic (exact) mass is 272 g/mol. The minimum Gasteiger partial charge on any atom is -0.348 e. The molecule has 106 valence electrons. The SMILES string of the molecule is Cc1c(C(=O)NCc2ccc(CCN)cc2)cnn1C. The summed E-state index contributed by atoms with van der Waals surface area (Å²) in [5.74, 6) is -0.0957. The number of carbonyl (C=O) groups is 1. The number of carbonyl (C=O) groups excluding carboxylic acids is 1. The fourth-order valence-electron chi connectivity index (χ4n) is 1.99. The van der Waals surface area contributed by atoms with Gasteiger partial charge in [0.1, 0.15) is 0 Å². The number of hydrogen-bond acceptors (Lipinski definition) is 3. The van der Waals surface area contributed by atoms with E-state index in [1.807, 2.05) is 38.2 Å². The molecule has 0 spiro atoms. The van der Waals surface area contributed by atoms with Crippen molar-refractivity contribution in [2.24, 2.45) is 12.8 Å². The highest BCUT2D eigenvalue weighted by Gasteiger charge is 2.12. The summed E-state index contributed by atoms with van der Waals surface area (Å²) in [6, 6.07) is 8.12. The van der Waals surface area contributed by atoms with Crippen LogP contribution >= 0.6 is 0 Å². The van der Waals surface area contributed by atoms with Crippen molar-refractivity contribution in [3.63, 3.8) is 0 Å². The number of aromatic nitrogens is 2. The van der Waals surface area contributed by atoms with Gasteiger partial charge in [0.2, 0.25) is 0 Å². The largest absolute Gasteiger partial charge is 0.348 e. The molecule has 1 heterocycles. The number of nitrogens with zero attached hydrogens (tertiary/aromatic N) is 2. The predicted octanol–water partition coefficient (Wildman–Crippen LogP) is 1.16. The van der Waals surface area contributed by atoms with Crippen molar-refractivity contribution in [3.05, 3.63) is 52.8 Å². The second kappa shape index (κ2) is 6.34. The van der Waals surface area contributed by atoms with E-state index in [-0.39, 0.29) is 5.91 Å². The van der Waals surface area contributed by atoms with Crippen LogP contribution in [0.25, 0.3) is 0 Å². The standard InChI is InChI=1S/C15H20N4O/c1-11-14(10-18-19(11)2)15(20)17-9-13-5-3-12(4-6-13)7-8-16/h3-6,10H,7-9,16H2,1-2H3,(H,17,20).